The van der Waals surface area contributed by atoms with Gasteiger partial charge in [0.2, 0.25) is 5.91 Å². The molecule has 0 aromatic heterocycles. The van der Waals surface area contributed by atoms with Gasteiger partial charge < -0.3 is 20.1 Å². The molecule has 1 heterocycles. The summed E-state index contributed by atoms with van der Waals surface area (Å²) in [5.74, 6) is 0.341. The highest BCUT2D eigenvalue weighted by Crippen LogP contribution is 2.12. The molecule has 1 atom stereocenters. The first kappa shape index (κ1) is 16.7. The van der Waals surface area contributed by atoms with Gasteiger partial charge in [0.05, 0.1) is 0 Å². The molecule has 0 saturated carbocycles. The number of nitrogens with one attached hydrogen (secondary N) is 1. The Morgan fingerprint density at radius 3 is 2.64 bits per heavy atom. The van der Waals surface area contributed by atoms with Crippen molar-refractivity contribution in [3.63, 3.8) is 0 Å². The van der Waals surface area contributed by atoms with Crippen LogP contribution >= 0.6 is 0 Å². The number of likely N-dealkylation sites (tertiary alicyclic amines) is 1. The Bertz CT molecular complexity index is 473. The maximum Gasteiger partial charge on any atom is 0.219 e. The van der Waals surface area contributed by atoms with E-state index in [-0.39, 0.29) is 18.3 Å². The molecule has 0 spiro atoms. The molecule has 1 amide bonds. The number of aliphatic hydroxyl groups excluding tert-OH is 1. The monoisotopic (exact) mass is 310 g/mol. The van der Waals surface area contributed by atoms with Gasteiger partial charge in [-0.15, -0.1) is 0 Å². The molecule has 22 heavy (non-hydrogen) atoms. The van der Waals surface area contributed by atoms with E-state index < -0.39 is 6.10 Å². The third kappa shape index (κ3) is 5.27. The predicted octanol–water partition coefficient (Wildman–Crippen LogP) is 1.17. The average molecular weight is 310 g/mol. The van der Waals surface area contributed by atoms with E-state index in [2.05, 4.69) is 5.32 Å². The number of nitrogens with zero attached hydrogens (tertiary/aromatic N) is 1. The molecule has 1 aromatic carbocycles. The lowest BCUT2D eigenvalue weighted by Crippen LogP contribution is -2.46. The quantitative estimate of drug-likeness (QED) is 0.828. The Kier molecular flexibility index (Phi) is 6.15. The first-order valence-corrected chi connectivity index (χ1v) is 7.60. The number of ether oxygens (including phenoxy) is 1. The van der Waals surface area contributed by atoms with Crippen LogP contribution in [0.15, 0.2) is 24.3 Å². The summed E-state index contributed by atoms with van der Waals surface area (Å²) in [5.41, 5.74) is 0. The van der Waals surface area contributed by atoms with Gasteiger partial charge in [0.1, 0.15) is 24.3 Å². The molecule has 5 nitrogen and oxygen atoms in total. The standard InChI is InChI=1S/C16H23FN2O3/c1-12(20)19-8-6-14(7-9-19)18-10-15(21)11-22-16-4-2-13(17)3-5-16/h2-5,14-15,18,21H,6-11H2,1H3. The zero-order valence-corrected chi connectivity index (χ0v) is 12.8. The Morgan fingerprint density at radius 1 is 1.41 bits per heavy atom. The second-order valence-corrected chi connectivity index (χ2v) is 5.61. The highest BCUT2D eigenvalue weighted by Gasteiger charge is 2.20. The van der Waals surface area contributed by atoms with Crippen molar-refractivity contribution < 1.29 is 19.0 Å². The smallest absolute Gasteiger partial charge is 0.219 e. The number of piperidine rings is 1. The van der Waals surface area contributed by atoms with E-state index in [1.54, 1.807) is 6.92 Å². The van der Waals surface area contributed by atoms with Gasteiger partial charge in [-0.1, -0.05) is 0 Å². The summed E-state index contributed by atoms with van der Waals surface area (Å²) in [6.45, 7) is 3.70. The molecular weight excluding hydrogens is 287 g/mol. The van der Waals surface area contributed by atoms with E-state index >= 15 is 0 Å². The first-order valence-electron chi connectivity index (χ1n) is 7.60. The fraction of sp³-hybridized carbons (Fsp3) is 0.562. The van der Waals surface area contributed by atoms with Gasteiger partial charge >= 0.3 is 0 Å². The van der Waals surface area contributed by atoms with E-state index in [0.29, 0.717) is 18.3 Å². The number of benzene rings is 1. The summed E-state index contributed by atoms with van der Waals surface area (Å²) in [7, 11) is 0. The zero-order valence-electron chi connectivity index (χ0n) is 12.8. The molecule has 0 aliphatic carbocycles. The number of hydrogen-bond acceptors (Lipinski definition) is 4. The van der Waals surface area contributed by atoms with Crippen LogP contribution in [0.25, 0.3) is 0 Å². The minimum absolute atomic E-state index is 0.117. The van der Waals surface area contributed by atoms with E-state index in [1.807, 2.05) is 4.90 Å². The molecule has 122 valence electrons. The van der Waals surface area contributed by atoms with Crippen LogP contribution in [0.1, 0.15) is 19.8 Å². The molecule has 1 aliphatic heterocycles. The Balaban J connectivity index is 1.62. The lowest BCUT2D eigenvalue weighted by atomic mass is 10.0. The highest BCUT2D eigenvalue weighted by atomic mass is 19.1. The molecule has 2 rings (SSSR count). The summed E-state index contributed by atoms with van der Waals surface area (Å²) in [4.78, 5) is 13.1. The summed E-state index contributed by atoms with van der Waals surface area (Å²) < 4.78 is 18.2. The second-order valence-electron chi connectivity index (χ2n) is 5.61. The number of amides is 1. The lowest BCUT2D eigenvalue weighted by molar-refractivity contribution is -0.129. The van der Waals surface area contributed by atoms with Gasteiger partial charge in [0.15, 0.2) is 0 Å². The van der Waals surface area contributed by atoms with E-state index in [9.17, 15) is 14.3 Å². The topological polar surface area (TPSA) is 61.8 Å². The van der Waals surface area contributed by atoms with Gasteiger partial charge in [-0.3, -0.25) is 4.79 Å². The number of carbonyl (C=O) groups is 1. The van der Waals surface area contributed by atoms with Crippen LogP contribution < -0.4 is 10.1 Å². The molecule has 0 bridgehead atoms. The lowest BCUT2D eigenvalue weighted by Gasteiger charge is -2.32. The molecule has 0 radical (unpaired) electrons. The van der Waals surface area contributed by atoms with Crippen LogP contribution in [0.4, 0.5) is 4.39 Å². The summed E-state index contributed by atoms with van der Waals surface area (Å²) >= 11 is 0. The molecule has 1 saturated heterocycles. The molecule has 6 heteroatoms. The van der Waals surface area contributed by atoms with E-state index in [0.717, 1.165) is 25.9 Å². The average Bonchev–Trinajstić information content (AvgIpc) is 2.52. The largest absolute Gasteiger partial charge is 0.491 e. The van der Waals surface area contributed by atoms with Gasteiger partial charge in [-0.05, 0) is 37.1 Å². The van der Waals surface area contributed by atoms with Crippen LogP contribution in [0.3, 0.4) is 0 Å². The number of halogens is 1. The van der Waals surface area contributed by atoms with Crippen LogP contribution in [-0.2, 0) is 4.79 Å². The fourth-order valence-corrected chi connectivity index (χ4v) is 2.48. The second kappa shape index (κ2) is 8.10. The summed E-state index contributed by atoms with van der Waals surface area (Å²) in [6, 6.07) is 6.03. The van der Waals surface area contributed by atoms with Crippen LogP contribution in [0.5, 0.6) is 5.75 Å². The highest BCUT2D eigenvalue weighted by molar-refractivity contribution is 5.73. The van der Waals surface area contributed by atoms with Crippen molar-refractivity contribution >= 4 is 5.91 Å². The maximum atomic E-state index is 12.8. The predicted molar refractivity (Wildman–Crippen MR) is 81.2 cm³/mol. The number of carbonyl (C=O) groups excluding carboxylic acids is 1. The van der Waals surface area contributed by atoms with Crippen molar-refractivity contribution in [3.05, 3.63) is 30.1 Å². The van der Waals surface area contributed by atoms with Crippen molar-refractivity contribution in [1.29, 1.82) is 0 Å². The Hall–Kier alpha value is -1.66. The molecule has 1 aliphatic rings. The minimum atomic E-state index is -0.629. The van der Waals surface area contributed by atoms with Crippen molar-refractivity contribution in [2.75, 3.05) is 26.2 Å². The first-order chi connectivity index (χ1) is 10.5. The SMILES string of the molecule is CC(=O)N1CCC(NCC(O)COc2ccc(F)cc2)CC1. The van der Waals surface area contributed by atoms with Crippen molar-refractivity contribution in [3.8, 4) is 5.75 Å². The number of rotatable bonds is 6. The molecule has 1 fully saturated rings. The normalized spacial score (nSPS) is 17.3. The molecule has 1 unspecified atom stereocenters. The van der Waals surface area contributed by atoms with Gasteiger partial charge in [-0.2, -0.15) is 0 Å². The van der Waals surface area contributed by atoms with Gasteiger partial charge in [0, 0.05) is 32.6 Å². The number of aliphatic hydroxyl groups is 1. The Morgan fingerprint density at radius 2 is 2.05 bits per heavy atom. The summed E-state index contributed by atoms with van der Waals surface area (Å²) in [5, 5.41) is 13.2. The summed E-state index contributed by atoms with van der Waals surface area (Å²) in [6.07, 6.45) is 1.16. The Labute approximate surface area is 130 Å². The van der Waals surface area contributed by atoms with Crippen LogP contribution in [0.2, 0.25) is 0 Å². The maximum absolute atomic E-state index is 12.8. The zero-order chi connectivity index (χ0) is 15.9. The van der Waals surface area contributed by atoms with Crippen molar-refractivity contribution in [2.45, 2.75) is 31.9 Å². The van der Waals surface area contributed by atoms with E-state index in [4.69, 9.17) is 4.74 Å². The van der Waals surface area contributed by atoms with Gasteiger partial charge in [0.25, 0.3) is 0 Å². The van der Waals surface area contributed by atoms with Crippen LogP contribution in [-0.4, -0.2) is 54.3 Å². The molecular formula is C16H23FN2O3. The van der Waals surface area contributed by atoms with Crippen LogP contribution in [0, 0.1) is 5.82 Å². The van der Waals surface area contributed by atoms with Crippen molar-refractivity contribution in [2.24, 2.45) is 0 Å². The minimum Gasteiger partial charge on any atom is -0.491 e. The third-order valence-electron chi connectivity index (χ3n) is 3.84. The van der Waals surface area contributed by atoms with Gasteiger partial charge in [-0.25, -0.2) is 4.39 Å². The fourth-order valence-electron chi connectivity index (χ4n) is 2.48. The number of hydrogen-bond donors (Lipinski definition) is 2. The van der Waals surface area contributed by atoms with Crippen molar-refractivity contribution in [1.82, 2.24) is 10.2 Å². The third-order valence-corrected chi connectivity index (χ3v) is 3.84. The van der Waals surface area contributed by atoms with E-state index in [1.165, 1.54) is 24.3 Å². The molecule has 2 N–H and O–H groups in total. The molecule has 1 aromatic rings.